The molecule has 4 N–H and O–H groups in total. The number of benzene rings is 1. The number of allylic oxidation sites excluding steroid dienone is 1. The average molecular weight is 795 g/mol. The standard InChI is InChI=1S/C44H65F3O9/c1-25(27(3)24-54-40(52)43(53-6,44(45,46)47)28-10-8-7-9-11-28)12-13-26(2)32-16-17-33-31-15-14-29-22-30(18-20-41(29,4)34(31)19-21-42(32,33)5)55-39-38(51)37(50)36(49)35(23-48)56-39/h7-11,14,25-27,30-39,48-51H,12-13,15-24H2,1-6H3/t25-,26-,27-,30+,31+,32-,33+,34+,35-,36-,37+,38-,39-,41+,42-,43-/m1/s1. The first-order chi connectivity index (χ1) is 26.4. The van der Waals surface area contributed by atoms with Gasteiger partial charge in [0.05, 0.1) is 19.3 Å². The van der Waals surface area contributed by atoms with Crippen LogP contribution in [0.4, 0.5) is 13.2 Å². The molecule has 0 spiro atoms. The van der Waals surface area contributed by atoms with Gasteiger partial charge >= 0.3 is 12.1 Å². The van der Waals surface area contributed by atoms with Crippen LogP contribution in [-0.2, 0) is 29.3 Å². The molecule has 6 rings (SSSR count). The van der Waals surface area contributed by atoms with Gasteiger partial charge in [0.15, 0.2) is 6.29 Å². The molecule has 9 nitrogen and oxygen atoms in total. The number of fused-ring (bicyclic) bond motifs is 5. The number of methoxy groups -OCH3 is 1. The van der Waals surface area contributed by atoms with E-state index >= 15 is 0 Å². The Kier molecular flexibility index (Phi) is 13.1. The van der Waals surface area contributed by atoms with Gasteiger partial charge in [0.1, 0.15) is 24.4 Å². The van der Waals surface area contributed by atoms with E-state index in [0.29, 0.717) is 29.6 Å². The molecule has 316 valence electrons. The summed E-state index contributed by atoms with van der Waals surface area (Å²) in [5.74, 6) is 1.49. The summed E-state index contributed by atoms with van der Waals surface area (Å²) in [4.78, 5) is 13.1. The second-order valence-electron chi connectivity index (χ2n) is 18.5. The van der Waals surface area contributed by atoms with Crippen LogP contribution in [0, 0.1) is 52.3 Å². The zero-order valence-electron chi connectivity index (χ0n) is 33.9. The van der Waals surface area contributed by atoms with E-state index in [1.165, 1.54) is 55.5 Å². The van der Waals surface area contributed by atoms with Crippen LogP contribution in [0.1, 0.15) is 104 Å². The van der Waals surface area contributed by atoms with Gasteiger partial charge in [-0.05, 0) is 104 Å². The number of rotatable bonds is 13. The SMILES string of the molecule is CO[C@@](C(=O)OC[C@@H](C)[C@H](C)CC[C@@H](C)[C@H]1CC[C@H]2[C@@H]3CC=C4C[C@@H](O[C@@H]5O[C@H](CO)[C@@H](O)[C@H](O)[C@H]5O)CC[C@]4(C)[C@H]3CC[C@]12C)(c1ccccc1)C(F)(F)F. The number of carbonyl (C=O) groups excluding carboxylic acids is 1. The molecule has 1 saturated heterocycles. The van der Waals surface area contributed by atoms with E-state index in [9.17, 15) is 38.4 Å². The van der Waals surface area contributed by atoms with Crippen LogP contribution in [0.15, 0.2) is 42.0 Å². The molecule has 56 heavy (non-hydrogen) atoms. The number of aliphatic hydroxyl groups excluding tert-OH is 4. The molecule has 4 fully saturated rings. The quantitative estimate of drug-likeness (QED) is 0.122. The summed E-state index contributed by atoms with van der Waals surface area (Å²) < 4.78 is 65.2. The fourth-order valence-electron chi connectivity index (χ4n) is 12.0. The number of aliphatic hydroxyl groups is 4. The van der Waals surface area contributed by atoms with E-state index in [1.54, 1.807) is 6.07 Å². The van der Waals surface area contributed by atoms with E-state index in [-0.39, 0.29) is 40.9 Å². The number of halogens is 3. The Bertz CT molecular complexity index is 1520. The van der Waals surface area contributed by atoms with Crippen LogP contribution in [-0.4, -0.2) is 89.7 Å². The van der Waals surface area contributed by atoms with Gasteiger partial charge in [-0.15, -0.1) is 0 Å². The number of hydrogen-bond acceptors (Lipinski definition) is 9. The number of hydrogen-bond donors (Lipinski definition) is 4. The van der Waals surface area contributed by atoms with Crippen molar-refractivity contribution in [1.82, 2.24) is 0 Å². The molecule has 12 heteroatoms. The van der Waals surface area contributed by atoms with E-state index in [2.05, 4.69) is 33.8 Å². The molecular weight excluding hydrogens is 729 g/mol. The van der Waals surface area contributed by atoms with Crippen LogP contribution < -0.4 is 0 Å². The fourth-order valence-corrected chi connectivity index (χ4v) is 12.0. The van der Waals surface area contributed by atoms with Crippen molar-refractivity contribution in [1.29, 1.82) is 0 Å². The van der Waals surface area contributed by atoms with Crippen LogP contribution in [0.25, 0.3) is 0 Å². The number of carbonyl (C=O) groups is 1. The summed E-state index contributed by atoms with van der Waals surface area (Å²) in [6, 6.07) is 6.93. The van der Waals surface area contributed by atoms with Gasteiger partial charge in [-0.25, -0.2) is 4.79 Å². The maximum absolute atomic E-state index is 14.4. The molecule has 0 amide bonds. The third-order valence-electron chi connectivity index (χ3n) is 15.7. The summed E-state index contributed by atoms with van der Waals surface area (Å²) in [5.41, 5.74) is -1.77. The van der Waals surface area contributed by atoms with Gasteiger partial charge in [-0.2, -0.15) is 13.2 Å². The molecule has 5 aliphatic rings. The molecule has 1 aromatic carbocycles. The molecule has 1 aromatic rings. The van der Waals surface area contributed by atoms with Crippen molar-refractivity contribution in [3.05, 3.63) is 47.5 Å². The molecular formula is C44H65F3O9. The smallest absolute Gasteiger partial charge is 0.432 e. The molecule has 16 atom stereocenters. The Balaban J connectivity index is 1.03. The molecule has 4 aliphatic carbocycles. The van der Waals surface area contributed by atoms with Gasteiger partial charge < -0.3 is 39.4 Å². The first kappa shape index (κ1) is 43.5. The predicted octanol–water partition coefficient (Wildman–Crippen LogP) is 7.09. The lowest BCUT2D eigenvalue weighted by Gasteiger charge is -2.58. The Labute approximate surface area is 330 Å². The minimum atomic E-state index is -5.00. The van der Waals surface area contributed by atoms with Crippen molar-refractivity contribution in [2.75, 3.05) is 20.3 Å². The summed E-state index contributed by atoms with van der Waals surface area (Å²) in [5, 5.41) is 40.6. The van der Waals surface area contributed by atoms with Crippen molar-refractivity contribution >= 4 is 5.97 Å². The second-order valence-corrected chi connectivity index (χ2v) is 18.5. The van der Waals surface area contributed by atoms with Crippen molar-refractivity contribution in [2.45, 2.75) is 147 Å². The molecule has 1 aliphatic heterocycles. The van der Waals surface area contributed by atoms with Gasteiger partial charge in [-0.3, -0.25) is 0 Å². The van der Waals surface area contributed by atoms with Crippen molar-refractivity contribution < 1.29 is 57.3 Å². The lowest BCUT2D eigenvalue weighted by atomic mass is 9.47. The highest BCUT2D eigenvalue weighted by Crippen LogP contribution is 2.67. The van der Waals surface area contributed by atoms with E-state index in [1.807, 2.05) is 6.92 Å². The fraction of sp³-hybridized carbons (Fsp3) is 0.795. The second kappa shape index (κ2) is 16.9. The molecule has 0 radical (unpaired) electrons. The number of alkyl halides is 3. The highest BCUT2D eigenvalue weighted by Gasteiger charge is 2.64. The Hall–Kier alpha value is -2.06. The zero-order valence-corrected chi connectivity index (χ0v) is 33.9. The van der Waals surface area contributed by atoms with E-state index < -0.39 is 55.1 Å². The molecule has 1 heterocycles. The minimum absolute atomic E-state index is 0.0718. The van der Waals surface area contributed by atoms with E-state index in [4.69, 9.17) is 18.9 Å². The maximum Gasteiger partial charge on any atom is 0.432 e. The number of esters is 1. The highest BCUT2D eigenvalue weighted by molar-refractivity contribution is 5.82. The van der Waals surface area contributed by atoms with Crippen LogP contribution in [0.2, 0.25) is 0 Å². The lowest BCUT2D eigenvalue weighted by molar-refractivity contribution is -0.313. The molecule has 3 saturated carbocycles. The predicted molar refractivity (Wildman–Crippen MR) is 203 cm³/mol. The summed E-state index contributed by atoms with van der Waals surface area (Å²) in [6.07, 6.45) is 1.10. The monoisotopic (exact) mass is 794 g/mol. The normalized spacial score (nSPS) is 39.9. The zero-order chi connectivity index (χ0) is 40.8. The average Bonchev–Trinajstić information content (AvgIpc) is 3.53. The summed E-state index contributed by atoms with van der Waals surface area (Å²) in [6.45, 7) is 10.7. The van der Waals surface area contributed by atoms with Crippen molar-refractivity contribution in [3.8, 4) is 0 Å². The van der Waals surface area contributed by atoms with Crippen LogP contribution in [0.3, 0.4) is 0 Å². The summed E-state index contributed by atoms with van der Waals surface area (Å²) >= 11 is 0. The Morgan fingerprint density at radius 1 is 0.929 bits per heavy atom. The minimum Gasteiger partial charge on any atom is -0.463 e. The molecule has 0 aromatic heterocycles. The van der Waals surface area contributed by atoms with Gasteiger partial charge in [0.25, 0.3) is 5.60 Å². The molecule has 0 unspecified atom stereocenters. The lowest BCUT2D eigenvalue weighted by Crippen LogP contribution is -2.60. The largest absolute Gasteiger partial charge is 0.463 e. The van der Waals surface area contributed by atoms with Gasteiger partial charge in [0, 0.05) is 12.7 Å². The van der Waals surface area contributed by atoms with Crippen LogP contribution in [0.5, 0.6) is 0 Å². The maximum atomic E-state index is 14.4. The Morgan fingerprint density at radius 2 is 1.64 bits per heavy atom. The molecule has 0 bridgehead atoms. The first-order valence-electron chi connectivity index (χ1n) is 20.9. The third kappa shape index (κ3) is 7.74. The topological polar surface area (TPSA) is 135 Å². The number of ether oxygens (including phenoxy) is 4. The van der Waals surface area contributed by atoms with Gasteiger partial charge in [0.2, 0.25) is 0 Å². The van der Waals surface area contributed by atoms with Gasteiger partial charge in [-0.1, -0.05) is 89.4 Å². The third-order valence-corrected chi connectivity index (χ3v) is 15.7. The first-order valence-corrected chi connectivity index (χ1v) is 20.9. The van der Waals surface area contributed by atoms with Crippen molar-refractivity contribution in [3.63, 3.8) is 0 Å². The highest BCUT2D eigenvalue weighted by atomic mass is 19.4. The summed E-state index contributed by atoms with van der Waals surface area (Å²) in [7, 11) is 0.887. The van der Waals surface area contributed by atoms with Crippen molar-refractivity contribution in [2.24, 2.45) is 52.3 Å². The van der Waals surface area contributed by atoms with Crippen LogP contribution >= 0.6 is 0 Å². The Morgan fingerprint density at radius 3 is 2.30 bits per heavy atom. The van der Waals surface area contributed by atoms with E-state index in [0.717, 1.165) is 45.6 Å².